The van der Waals surface area contributed by atoms with Crippen LogP contribution < -0.4 is 34.9 Å². The molecule has 2 amide bonds. The minimum absolute atomic E-state index is 0.0187. The molecular weight excluding hydrogens is 793 g/mol. The number of sulfone groups is 1. The Morgan fingerprint density at radius 2 is 1.47 bits per heavy atom. The monoisotopic (exact) mass is 844 g/mol. The second-order valence-corrected chi connectivity index (χ2v) is 16.5. The lowest BCUT2D eigenvalue weighted by Gasteiger charge is -2.23. The van der Waals surface area contributed by atoms with Crippen LogP contribution in [-0.2, 0) is 34.3 Å². The van der Waals surface area contributed by atoms with Crippen molar-refractivity contribution in [1.29, 1.82) is 0 Å². The van der Waals surface area contributed by atoms with Gasteiger partial charge in [0.15, 0.2) is 15.6 Å². The van der Waals surface area contributed by atoms with Gasteiger partial charge in [-0.1, -0.05) is 52.0 Å². The summed E-state index contributed by atoms with van der Waals surface area (Å²) in [5, 5.41) is 10.4. The average molecular weight is 845 g/mol. The summed E-state index contributed by atoms with van der Waals surface area (Å²) in [4.78, 5) is 29.4. The third-order valence-corrected chi connectivity index (χ3v) is 10.7. The number of anilines is 4. The second-order valence-electron chi connectivity index (χ2n) is 14.3. The first-order chi connectivity index (χ1) is 28.7. The summed E-state index contributed by atoms with van der Waals surface area (Å²) in [5.74, 6) is 2.17. The van der Waals surface area contributed by atoms with E-state index in [2.05, 4.69) is 20.9 Å². The smallest absolute Gasteiger partial charge is 0.332 e. The summed E-state index contributed by atoms with van der Waals surface area (Å²) < 4.78 is 65.0. The summed E-state index contributed by atoms with van der Waals surface area (Å²) in [6, 6.07) is 22.6. The van der Waals surface area contributed by atoms with Gasteiger partial charge < -0.3 is 49.1 Å². The topological polar surface area (TPSA) is 182 Å². The van der Waals surface area contributed by atoms with Gasteiger partial charge in [-0.05, 0) is 48.2 Å². The minimum atomic E-state index is -3.68. The Labute approximate surface area is 350 Å². The molecule has 0 spiro atoms. The van der Waals surface area contributed by atoms with Crippen LogP contribution in [0.5, 0.6) is 28.7 Å². The number of pyridine rings is 1. The highest BCUT2D eigenvalue weighted by Gasteiger charge is 2.26. The van der Waals surface area contributed by atoms with E-state index >= 15 is 0 Å². The Morgan fingerprint density at radius 3 is 2.18 bits per heavy atom. The first-order valence-electron chi connectivity index (χ1n) is 19.3. The Morgan fingerprint density at radius 1 is 0.750 bits per heavy atom. The zero-order valence-corrected chi connectivity index (χ0v) is 35.7. The van der Waals surface area contributed by atoms with Gasteiger partial charge in [0.25, 0.3) is 0 Å². The summed E-state index contributed by atoms with van der Waals surface area (Å²) in [7, 11) is -0.740. The maximum Gasteiger partial charge on any atom is 0.332 e. The maximum atomic E-state index is 13.5. The first-order valence-corrected chi connectivity index (χ1v) is 21.0. The van der Waals surface area contributed by atoms with Crippen LogP contribution >= 0.6 is 0 Å². The lowest BCUT2D eigenvalue weighted by atomic mass is 9.86. The van der Waals surface area contributed by atoms with Gasteiger partial charge in [0.2, 0.25) is 0 Å². The number of amides is 2. The number of nitrogens with one attached hydrogen (secondary N) is 3. The number of fused-ring (bicyclic) bond motifs is 1. The van der Waals surface area contributed by atoms with E-state index in [0.29, 0.717) is 65.4 Å². The normalized spacial score (nSPS) is 11.4. The van der Waals surface area contributed by atoms with Crippen molar-refractivity contribution in [3.63, 3.8) is 0 Å². The van der Waals surface area contributed by atoms with Crippen LogP contribution in [0, 0.1) is 0 Å². The van der Waals surface area contributed by atoms with E-state index < -0.39 is 27.3 Å². The van der Waals surface area contributed by atoms with Gasteiger partial charge in [-0.3, -0.25) is 0 Å². The van der Waals surface area contributed by atoms with Gasteiger partial charge in [0.05, 0.1) is 57.8 Å². The standard InChI is InChI=1S/C44H52N4O11S/c1-8-57-41(49)28-56-19-18-55-20-21-58-33-25-30(24-32(26-33)53-6)46-40-27-31(16-17-45-40)59-38-15-14-36(34-12-10-11-13-35(34)38)47-43(50)48-37-22-29(44(3,4)5)23-39(42(37)54-7)60(51,52)9-2/h10-17,22-27H,8-9,18-21,28H2,1-7H3,(H,45,46)(H2,47,48,50). The lowest BCUT2D eigenvalue weighted by Crippen LogP contribution is -2.22. The number of urea groups is 1. The van der Waals surface area contributed by atoms with E-state index in [1.807, 2.05) is 45.0 Å². The summed E-state index contributed by atoms with van der Waals surface area (Å²) in [6.07, 6.45) is 1.62. The van der Waals surface area contributed by atoms with Crippen molar-refractivity contribution in [3.8, 4) is 28.7 Å². The molecule has 16 heteroatoms. The van der Waals surface area contributed by atoms with E-state index in [1.54, 1.807) is 81.8 Å². The molecule has 0 saturated carbocycles. The molecule has 0 aliphatic rings. The minimum Gasteiger partial charge on any atom is -0.497 e. The zero-order valence-electron chi connectivity index (χ0n) is 34.9. The van der Waals surface area contributed by atoms with Crippen molar-refractivity contribution in [2.45, 2.75) is 44.9 Å². The number of benzene rings is 4. The van der Waals surface area contributed by atoms with Crippen molar-refractivity contribution in [2.75, 3.05) is 75.6 Å². The van der Waals surface area contributed by atoms with E-state index in [9.17, 15) is 18.0 Å². The molecular formula is C44H52N4O11S. The van der Waals surface area contributed by atoms with Crippen LogP contribution in [0.2, 0.25) is 0 Å². The molecule has 1 aromatic heterocycles. The molecule has 3 N–H and O–H groups in total. The van der Waals surface area contributed by atoms with Crippen LogP contribution in [-0.4, -0.2) is 85.0 Å². The summed E-state index contributed by atoms with van der Waals surface area (Å²) in [5.41, 5.74) is 1.71. The third-order valence-electron chi connectivity index (χ3n) is 8.96. The Kier molecular flexibility index (Phi) is 15.5. The molecule has 5 rings (SSSR count). The second kappa shape index (κ2) is 20.7. The van der Waals surface area contributed by atoms with E-state index in [-0.39, 0.29) is 41.9 Å². The van der Waals surface area contributed by atoms with Gasteiger partial charge >= 0.3 is 12.0 Å². The van der Waals surface area contributed by atoms with Gasteiger partial charge in [-0.15, -0.1) is 0 Å². The fourth-order valence-corrected chi connectivity index (χ4v) is 7.02. The Balaban J connectivity index is 1.26. The van der Waals surface area contributed by atoms with Gasteiger partial charge in [-0.25, -0.2) is 23.0 Å². The van der Waals surface area contributed by atoms with Gasteiger partial charge in [-0.2, -0.15) is 0 Å². The summed E-state index contributed by atoms with van der Waals surface area (Å²) >= 11 is 0. The van der Waals surface area contributed by atoms with Crippen molar-refractivity contribution in [3.05, 3.63) is 90.6 Å². The number of rotatable bonds is 20. The molecule has 0 unspecified atom stereocenters. The molecule has 320 valence electrons. The maximum absolute atomic E-state index is 13.5. The lowest BCUT2D eigenvalue weighted by molar-refractivity contribution is -0.148. The predicted molar refractivity (Wildman–Crippen MR) is 230 cm³/mol. The van der Waals surface area contributed by atoms with Crippen molar-refractivity contribution in [2.24, 2.45) is 0 Å². The number of carbonyl (C=O) groups excluding carboxylic acids is 2. The molecule has 0 aliphatic heterocycles. The molecule has 0 fully saturated rings. The molecule has 0 atom stereocenters. The highest BCUT2D eigenvalue weighted by Crippen LogP contribution is 2.39. The van der Waals surface area contributed by atoms with E-state index in [4.69, 9.17) is 33.2 Å². The molecule has 0 saturated heterocycles. The van der Waals surface area contributed by atoms with Crippen LogP contribution in [0.3, 0.4) is 0 Å². The quantitative estimate of drug-likeness (QED) is 0.0502. The molecule has 0 bridgehead atoms. The fraction of sp³-hybridized carbons (Fsp3) is 0.341. The van der Waals surface area contributed by atoms with Crippen molar-refractivity contribution < 1.29 is 51.2 Å². The van der Waals surface area contributed by atoms with E-state index in [1.165, 1.54) is 7.11 Å². The first kappa shape index (κ1) is 45.0. The number of carbonyl (C=O) groups is 2. The van der Waals surface area contributed by atoms with Gasteiger partial charge in [0.1, 0.15) is 46.9 Å². The molecule has 15 nitrogen and oxygen atoms in total. The van der Waals surface area contributed by atoms with Crippen LogP contribution in [0.1, 0.15) is 40.2 Å². The SMILES string of the molecule is CCOC(=O)COCCOCCOc1cc(Nc2cc(Oc3ccc(NC(=O)Nc4cc(C(C)(C)C)cc(S(=O)(=O)CC)c4OC)c4ccccc34)ccn2)cc(OC)c1. The van der Waals surface area contributed by atoms with Crippen LogP contribution in [0.15, 0.2) is 90.0 Å². The highest BCUT2D eigenvalue weighted by molar-refractivity contribution is 7.91. The zero-order chi connectivity index (χ0) is 43.3. The number of hydrogen-bond donors (Lipinski definition) is 3. The number of methoxy groups -OCH3 is 2. The van der Waals surface area contributed by atoms with Crippen LogP contribution in [0.4, 0.5) is 27.7 Å². The largest absolute Gasteiger partial charge is 0.497 e. The number of aromatic nitrogens is 1. The van der Waals surface area contributed by atoms with Crippen LogP contribution in [0.25, 0.3) is 10.8 Å². The molecule has 0 radical (unpaired) electrons. The Bertz CT molecular complexity index is 2380. The predicted octanol–water partition coefficient (Wildman–Crippen LogP) is 8.50. The number of nitrogens with zero attached hydrogens (tertiary/aromatic N) is 1. The number of hydrogen-bond acceptors (Lipinski definition) is 13. The molecule has 1 heterocycles. The molecule has 4 aromatic carbocycles. The summed E-state index contributed by atoms with van der Waals surface area (Å²) in [6.45, 7) is 10.5. The highest BCUT2D eigenvalue weighted by atomic mass is 32.2. The van der Waals surface area contributed by atoms with Gasteiger partial charge in [0, 0.05) is 46.9 Å². The van der Waals surface area contributed by atoms with Crippen molar-refractivity contribution in [1.82, 2.24) is 4.98 Å². The molecule has 0 aliphatic carbocycles. The molecule has 60 heavy (non-hydrogen) atoms. The number of ether oxygens (including phenoxy) is 7. The average Bonchev–Trinajstić information content (AvgIpc) is 3.22. The fourth-order valence-electron chi connectivity index (χ4n) is 5.93. The third kappa shape index (κ3) is 12.2. The number of esters is 1. The van der Waals surface area contributed by atoms with Crippen molar-refractivity contribution >= 4 is 55.5 Å². The van der Waals surface area contributed by atoms with E-state index in [0.717, 1.165) is 10.9 Å². The molecule has 5 aromatic rings. The Hall–Kier alpha value is -6.10.